The Morgan fingerprint density at radius 3 is 2.64 bits per heavy atom. The molecular weight excluding hydrogens is 192 g/mol. The largest absolute Gasteiger partial charge is 0.376 e. The molecule has 0 aromatic rings. The molecule has 2 aliphatic heterocycles. The van der Waals surface area contributed by atoms with Crippen molar-refractivity contribution in [3.8, 4) is 0 Å². The Morgan fingerprint density at radius 2 is 2.00 bits per heavy atom. The molecule has 0 aromatic heterocycles. The van der Waals surface area contributed by atoms with Gasteiger partial charge in [0.05, 0.1) is 6.61 Å². The number of hydrogen-bond acceptors (Lipinski definition) is 6. The third kappa shape index (κ3) is 1.65. The van der Waals surface area contributed by atoms with Crippen LogP contribution in [-0.4, -0.2) is 57.0 Å². The van der Waals surface area contributed by atoms with Crippen molar-refractivity contribution in [1.82, 2.24) is 0 Å². The summed E-state index contributed by atoms with van der Waals surface area (Å²) < 4.78 is 25.8. The molecule has 0 amide bonds. The van der Waals surface area contributed by atoms with Crippen molar-refractivity contribution in [3.05, 3.63) is 0 Å². The predicted molar refractivity (Wildman–Crippen MR) is 43.3 cm³/mol. The highest BCUT2D eigenvalue weighted by molar-refractivity contribution is 4.84. The van der Waals surface area contributed by atoms with Crippen LogP contribution in [0.3, 0.4) is 0 Å². The van der Waals surface area contributed by atoms with Crippen LogP contribution >= 0.6 is 0 Å². The first-order valence-corrected chi connectivity index (χ1v) is 4.42. The second kappa shape index (κ2) is 4.09. The molecule has 14 heavy (non-hydrogen) atoms. The monoisotopic (exact) mass is 206 g/mol. The van der Waals surface area contributed by atoms with Gasteiger partial charge in [-0.1, -0.05) is 0 Å². The van der Waals surface area contributed by atoms with Crippen LogP contribution in [-0.2, 0) is 23.7 Å². The van der Waals surface area contributed by atoms with Crippen LogP contribution in [0.5, 0.6) is 0 Å². The van der Waals surface area contributed by atoms with E-state index in [2.05, 4.69) is 0 Å². The minimum atomic E-state index is -1.10. The first kappa shape index (κ1) is 10.3. The summed E-state index contributed by atoms with van der Waals surface area (Å²) >= 11 is 0. The molecule has 2 fully saturated rings. The maximum atomic E-state index is 9.45. The molecule has 2 aliphatic rings. The number of hydrogen-bond donors (Lipinski definition) is 1. The molecule has 0 aromatic carbocycles. The predicted octanol–water partition coefficient (Wildman–Crippen LogP) is -0.936. The highest BCUT2D eigenvalue weighted by Gasteiger charge is 2.47. The van der Waals surface area contributed by atoms with E-state index in [4.69, 9.17) is 23.7 Å². The molecule has 0 aliphatic carbocycles. The molecule has 2 heterocycles. The van der Waals surface area contributed by atoms with Crippen LogP contribution in [0.15, 0.2) is 0 Å². The first-order chi connectivity index (χ1) is 6.76. The van der Waals surface area contributed by atoms with Gasteiger partial charge < -0.3 is 28.8 Å². The summed E-state index contributed by atoms with van der Waals surface area (Å²) in [6.45, 7) is 0.398. The number of rotatable bonds is 2. The van der Waals surface area contributed by atoms with Crippen LogP contribution in [0.4, 0.5) is 0 Å². The average molecular weight is 206 g/mol. The topological polar surface area (TPSA) is 66.4 Å². The number of ether oxygens (including phenoxy) is 5. The minimum Gasteiger partial charge on any atom is -0.376 e. The third-order valence-corrected chi connectivity index (χ3v) is 2.39. The van der Waals surface area contributed by atoms with Gasteiger partial charge >= 0.3 is 0 Å². The lowest BCUT2D eigenvalue weighted by Gasteiger charge is -2.35. The fraction of sp³-hybridized carbons (Fsp3) is 1.00. The van der Waals surface area contributed by atoms with Crippen LogP contribution in [0, 0.1) is 0 Å². The molecule has 6 nitrogen and oxygen atoms in total. The highest BCUT2D eigenvalue weighted by atomic mass is 16.8. The van der Waals surface area contributed by atoms with Crippen LogP contribution in [0.25, 0.3) is 0 Å². The van der Waals surface area contributed by atoms with Gasteiger partial charge in [-0.3, -0.25) is 0 Å². The molecule has 5 atom stereocenters. The molecule has 6 heteroatoms. The zero-order valence-corrected chi connectivity index (χ0v) is 8.08. The van der Waals surface area contributed by atoms with Gasteiger partial charge in [-0.2, -0.15) is 0 Å². The molecule has 0 bridgehead atoms. The Hall–Kier alpha value is -0.240. The Morgan fingerprint density at radius 1 is 1.21 bits per heavy atom. The van der Waals surface area contributed by atoms with E-state index in [0.29, 0.717) is 6.61 Å². The lowest BCUT2D eigenvalue weighted by atomic mass is 10.2. The second-order valence-corrected chi connectivity index (χ2v) is 3.21. The van der Waals surface area contributed by atoms with Crippen LogP contribution in [0.2, 0.25) is 0 Å². The Kier molecular flexibility index (Phi) is 3.01. The van der Waals surface area contributed by atoms with E-state index in [9.17, 15) is 5.11 Å². The molecule has 1 N–H and O–H groups in total. The molecular formula is C8H14O6. The summed E-state index contributed by atoms with van der Waals surface area (Å²) in [4.78, 5) is 0. The molecule has 82 valence electrons. The summed E-state index contributed by atoms with van der Waals surface area (Å²) in [5.74, 6) is 0. The SMILES string of the molecule is CO[C@@H]1O[C@@H]2OC[C@@H](OC)[C@@H]2O[C@@H]1O. The number of methoxy groups -OCH3 is 2. The lowest BCUT2D eigenvalue weighted by molar-refractivity contribution is -0.375. The summed E-state index contributed by atoms with van der Waals surface area (Å²) in [7, 11) is 2.99. The van der Waals surface area contributed by atoms with E-state index in [-0.39, 0.29) is 12.2 Å². The molecule has 0 radical (unpaired) electrons. The normalized spacial score (nSPS) is 47.8. The van der Waals surface area contributed by atoms with E-state index in [1.165, 1.54) is 7.11 Å². The maximum Gasteiger partial charge on any atom is 0.211 e. The van der Waals surface area contributed by atoms with Gasteiger partial charge in [0.2, 0.25) is 12.6 Å². The van der Waals surface area contributed by atoms with Crippen molar-refractivity contribution >= 4 is 0 Å². The second-order valence-electron chi connectivity index (χ2n) is 3.21. The summed E-state index contributed by atoms with van der Waals surface area (Å²) in [6, 6.07) is 0. The number of fused-ring (bicyclic) bond motifs is 1. The molecule has 2 saturated heterocycles. The first-order valence-electron chi connectivity index (χ1n) is 4.42. The van der Waals surface area contributed by atoms with Gasteiger partial charge in [0.1, 0.15) is 12.2 Å². The average Bonchev–Trinajstić information content (AvgIpc) is 2.58. The Bertz CT molecular complexity index is 196. The van der Waals surface area contributed by atoms with E-state index < -0.39 is 18.9 Å². The van der Waals surface area contributed by atoms with Crippen molar-refractivity contribution in [3.63, 3.8) is 0 Å². The van der Waals surface area contributed by atoms with Crippen LogP contribution < -0.4 is 0 Å². The molecule has 0 saturated carbocycles. The zero-order valence-electron chi connectivity index (χ0n) is 8.08. The van der Waals surface area contributed by atoms with Crippen molar-refractivity contribution in [2.75, 3.05) is 20.8 Å². The highest BCUT2D eigenvalue weighted by Crippen LogP contribution is 2.28. The fourth-order valence-corrected chi connectivity index (χ4v) is 1.62. The summed E-state index contributed by atoms with van der Waals surface area (Å²) in [5.41, 5.74) is 0. The van der Waals surface area contributed by atoms with Gasteiger partial charge in [0, 0.05) is 14.2 Å². The van der Waals surface area contributed by atoms with Gasteiger partial charge in [-0.15, -0.1) is 0 Å². The number of aliphatic hydroxyl groups is 1. The maximum absolute atomic E-state index is 9.45. The zero-order chi connectivity index (χ0) is 10.1. The molecule has 0 spiro atoms. The Balaban J connectivity index is 2.01. The van der Waals surface area contributed by atoms with Crippen LogP contribution in [0.1, 0.15) is 0 Å². The van der Waals surface area contributed by atoms with Crippen molar-refractivity contribution in [1.29, 1.82) is 0 Å². The van der Waals surface area contributed by atoms with Crippen molar-refractivity contribution < 1.29 is 28.8 Å². The minimum absolute atomic E-state index is 0.201. The smallest absolute Gasteiger partial charge is 0.211 e. The Labute approximate surface area is 81.6 Å². The number of aliphatic hydroxyl groups excluding tert-OH is 1. The van der Waals surface area contributed by atoms with Crippen molar-refractivity contribution in [2.24, 2.45) is 0 Å². The van der Waals surface area contributed by atoms with E-state index >= 15 is 0 Å². The van der Waals surface area contributed by atoms with Gasteiger partial charge in [0.25, 0.3) is 0 Å². The van der Waals surface area contributed by atoms with E-state index in [0.717, 1.165) is 0 Å². The van der Waals surface area contributed by atoms with Crippen molar-refractivity contribution in [2.45, 2.75) is 31.1 Å². The van der Waals surface area contributed by atoms with E-state index in [1.807, 2.05) is 0 Å². The quantitative estimate of drug-likeness (QED) is 0.629. The summed E-state index contributed by atoms with van der Waals surface area (Å²) in [6.07, 6.45) is -3.00. The third-order valence-electron chi connectivity index (χ3n) is 2.39. The van der Waals surface area contributed by atoms with Gasteiger partial charge in [-0.05, 0) is 0 Å². The van der Waals surface area contributed by atoms with Gasteiger partial charge in [0.15, 0.2) is 6.29 Å². The summed E-state index contributed by atoms with van der Waals surface area (Å²) in [5, 5.41) is 9.45. The fourth-order valence-electron chi connectivity index (χ4n) is 1.62. The van der Waals surface area contributed by atoms with E-state index in [1.54, 1.807) is 7.11 Å². The standard InChI is InChI=1S/C8H14O6/c1-10-4-3-12-7-5(4)13-6(9)8(11-2)14-7/h4-9H,3H2,1-2H3/t4-,5+,6+,7+,8-/m1/s1. The van der Waals surface area contributed by atoms with Gasteiger partial charge in [-0.25, -0.2) is 0 Å². The lowest BCUT2D eigenvalue weighted by Crippen LogP contribution is -2.51. The molecule has 0 unspecified atom stereocenters. The molecule has 2 rings (SSSR count).